The predicted octanol–water partition coefficient (Wildman–Crippen LogP) is -0.303. The molecule has 3 unspecified atom stereocenters. The van der Waals surface area contributed by atoms with Crippen LogP contribution in [0.4, 0.5) is 0 Å². The predicted molar refractivity (Wildman–Crippen MR) is 87.6 cm³/mol. The van der Waals surface area contributed by atoms with E-state index >= 15 is 0 Å². The van der Waals surface area contributed by atoms with Gasteiger partial charge in [-0.2, -0.15) is 0 Å². The summed E-state index contributed by atoms with van der Waals surface area (Å²) in [6.07, 6.45) is -0.330. The van der Waals surface area contributed by atoms with E-state index in [1.165, 1.54) is 0 Å². The third kappa shape index (κ3) is 7.34. The quantitative estimate of drug-likeness (QED) is 0.450. The molecule has 1 rings (SSSR count). The maximum Gasteiger partial charge on any atom is 0.327 e. The van der Waals surface area contributed by atoms with E-state index in [4.69, 9.17) is 15.9 Å². The minimum Gasteiger partial charge on any atom is -0.480 e. The molecule has 0 aliphatic heterocycles. The molecule has 1 amide bonds. The molecule has 0 aliphatic carbocycles. The smallest absolute Gasteiger partial charge is 0.327 e. The van der Waals surface area contributed by atoms with Crippen LogP contribution in [0.5, 0.6) is 0 Å². The van der Waals surface area contributed by atoms with Crippen molar-refractivity contribution in [3.05, 3.63) is 35.9 Å². The summed E-state index contributed by atoms with van der Waals surface area (Å²) in [5, 5.41) is 20.0. The van der Waals surface area contributed by atoms with Crippen LogP contribution in [0.1, 0.15) is 18.4 Å². The second-order valence-corrected chi connectivity index (χ2v) is 6.68. The number of aliphatic carboxylic acids is 2. The van der Waals surface area contributed by atoms with Gasteiger partial charge in [-0.1, -0.05) is 30.3 Å². The second kappa shape index (κ2) is 9.78. The first-order chi connectivity index (χ1) is 11.3. The highest BCUT2D eigenvalue weighted by Crippen LogP contribution is 2.05. The number of carbonyl (C=O) groups excluding carboxylic acids is 1. The van der Waals surface area contributed by atoms with Gasteiger partial charge in [0, 0.05) is 23.0 Å². The molecular formula is C15H20N2O6S. The molecular weight excluding hydrogens is 336 g/mol. The van der Waals surface area contributed by atoms with E-state index in [0.29, 0.717) is 0 Å². The van der Waals surface area contributed by atoms with Gasteiger partial charge in [-0.3, -0.25) is 13.8 Å². The van der Waals surface area contributed by atoms with Gasteiger partial charge >= 0.3 is 11.9 Å². The van der Waals surface area contributed by atoms with Gasteiger partial charge in [-0.15, -0.1) is 0 Å². The largest absolute Gasteiger partial charge is 0.480 e. The number of carbonyl (C=O) groups is 3. The Labute approximate surface area is 141 Å². The van der Waals surface area contributed by atoms with Gasteiger partial charge in [0.25, 0.3) is 0 Å². The van der Waals surface area contributed by atoms with E-state index in [1.807, 2.05) is 6.07 Å². The zero-order valence-electron chi connectivity index (χ0n) is 12.9. The number of amides is 1. The Bertz CT molecular complexity index is 607. The summed E-state index contributed by atoms with van der Waals surface area (Å²) in [6.45, 7) is 0. The minimum absolute atomic E-state index is 0.111. The summed E-state index contributed by atoms with van der Waals surface area (Å²) in [5.41, 5.74) is 6.08. The number of hydrogen-bond acceptors (Lipinski definition) is 5. The van der Waals surface area contributed by atoms with E-state index in [0.717, 1.165) is 5.56 Å². The first kappa shape index (κ1) is 19.8. The Kier molecular flexibility index (Phi) is 8.07. The van der Waals surface area contributed by atoms with Crippen molar-refractivity contribution < 1.29 is 28.8 Å². The zero-order chi connectivity index (χ0) is 18.1. The molecule has 9 heteroatoms. The van der Waals surface area contributed by atoms with Gasteiger partial charge in [0.1, 0.15) is 12.1 Å². The monoisotopic (exact) mass is 356 g/mol. The van der Waals surface area contributed by atoms with E-state index in [2.05, 4.69) is 5.32 Å². The highest BCUT2D eigenvalue weighted by Gasteiger charge is 2.23. The Morgan fingerprint density at radius 2 is 1.75 bits per heavy atom. The molecule has 0 saturated carbocycles. The highest BCUT2D eigenvalue weighted by atomic mass is 32.2. The van der Waals surface area contributed by atoms with Crippen LogP contribution in [0.25, 0.3) is 0 Å². The summed E-state index contributed by atoms with van der Waals surface area (Å²) in [4.78, 5) is 33.5. The van der Waals surface area contributed by atoms with Crippen LogP contribution in [0, 0.1) is 0 Å². The van der Waals surface area contributed by atoms with E-state index in [9.17, 15) is 18.6 Å². The summed E-state index contributed by atoms with van der Waals surface area (Å²) in [5.74, 6) is -3.23. The summed E-state index contributed by atoms with van der Waals surface area (Å²) in [6, 6.07) is 6.45. The van der Waals surface area contributed by atoms with Crippen LogP contribution in [0.15, 0.2) is 30.3 Å². The van der Waals surface area contributed by atoms with Crippen LogP contribution in [-0.4, -0.2) is 50.1 Å². The van der Waals surface area contributed by atoms with Crippen LogP contribution < -0.4 is 11.1 Å². The first-order valence-corrected chi connectivity index (χ1v) is 8.68. The van der Waals surface area contributed by atoms with E-state index in [1.54, 1.807) is 24.3 Å². The molecule has 5 N–H and O–H groups in total. The molecule has 1 aromatic carbocycles. The maximum absolute atomic E-state index is 12.1. The fourth-order valence-electron chi connectivity index (χ4n) is 1.86. The number of benzene rings is 1. The van der Waals surface area contributed by atoms with E-state index < -0.39 is 40.7 Å². The standard InChI is InChI=1S/C15H20N2O6S/c16-11(14(19)20)6-7-13(18)17-12(15(21)22)9-24(23)8-10-4-2-1-3-5-10/h1-5,11-12H,6-9,16H2,(H,17,18)(H,19,20)(H,21,22). The molecule has 1 aromatic rings. The molecule has 0 bridgehead atoms. The number of nitrogens with one attached hydrogen (secondary N) is 1. The van der Waals surface area contributed by atoms with Crippen molar-refractivity contribution >= 4 is 28.6 Å². The number of hydrogen-bond donors (Lipinski definition) is 4. The number of carboxylic acids is 2. The number of carboxylic acid groups (broad SMARTS) is 2. The van der Waals surface area contributed by atoms with Gasteiger partial charge in [0.2, 0.25) is 5.91 Å². The molecule has 0 heterocycles. The van der Waals surface area contributed by atoms with Crippen molar-refractivity contribution in [1.82, 2.24) is 5.32 Å². The molecule has 0 radical (unpaired) electrons. The topological polar surface area (TPSA) is 147 Å². The summed E-state index contributed by atoms with van der Waals surface area (Å²) >= 11 is 0. The molecule has 132 valence electrons. The number of rotatable bonds is 10. The third-order valence-electron chi connectivity index (χ3n) is 3.16. The first-order valence-electron chi connectivity index (χ1n) is 7.19. The van der Waals surface area contributed by atoms with Crippen LogP contribution in [-0.2, 0) is 30.9 Å². The van der Waals surface area contributed by atoms with Crippen LogP contribution in [0.2, 0.25) is 0 Å². The molecule has 0 aliphatic rings. The molecule has 24 heavy (non-hydrogen) atoms. The van der Waals surface area contributed by atoms with Crippen molar-refractivity contribution in [3.8, 4) is 0 Å². The fourth-order valence-corrected chi connectivity index (χ4v) is 3.14. The third-order valence-corrected chi connectivity index (χ3v) is 4.52. The zero-order valence-corrected chi connectivity index (χ0v) is 13.7. The van der Waals surface area contributed by atoms with E-state index in [-0.39, 0.29) is 24.3 Å². The Hall–Kier alpha value is -2.26. The fraction of sp³-hybridized carbons (Fsp3) is 0.400. The van der Waals surface area contributed by atoms with Crippen molar-refractivity contribution in [2.24, 2.45) is 5.73 Å². The molecule has 0 fully saturated rings. The van der Waals surface area contributed by atoms with Gasteiger partial charge in [-0.05, 0) is 12.0 Å². The molecule has 3 atom stereocenters. The molecule has 0 saturated heterocycles. The Balaban J connectivity index is 2.51. The van der Waals surface area contributed by atoms with Crippen molar-refractivity contribution in [2.75, 3.05) is 5.75 Å². The molecule has 8 nitrogen and oxygen atoms in total. The van der Waals surface area contributed by atoms with Gasteiger partial charge in [0.05, 0.1) is 5.75 Å². The lowest BCUT2D eigenvalue weighted by Gasteiger charge is -2.15. The summed E-state index contributed by atoms with van der Waals surface area (Å²) < 4.78 is 12.1. The van der Waals surface area contributed by atoms with Gasteiger partial charge < -0.3 is 21.3 Å². The maximum atomic E-state index is 12.1. The SMILES string of the molecule is NC(CCC(=O)NC(CS(=O)Cc1ccccc1)C(=O)O)C(=O)O. The van der Waals surface area contributed by atoms with Crippen LogP contribution >= 0.6 is 0 Å². The Morgan fingerprint density at radius 3 is 2.29 bits per heavy atom. The normalized spacial score (nSPS) is 14.4. The number of nitrogens with two attached hydrogens (primary N) is 1. The lowest BCUT2D eigenvalue weighted by Crippen LogP contribution is -2.45. The molecule has 0 spiro atoms. The van der Waals surface area contributed by atoms with Crippen molar-refractivity contribution in [2.45, 2.75) is 30.7 Å². The van der Waals surface area contributed by atoms with Gasteiger partial charge in [0.15, 0.2) is 0 Å². The van der Waals surface area contributed by atoms with Crippen LogP contribution in [0.3, 0.4) is 0 Å². The van der Waals surface area contributed by atoms with Crippen molar-refractivity contribution in [1.29, 1.82) is 0 Å². The average Bonchev–Trinajstić information content (AvgIpc) is 2.52. The summed E-state index contributed by atoms with van der Waals surface area (Å²) in [7, 11) is -1.47. The minimum atomic E-state index is -1.47. The lowest BCUT2D eigenvalue weighted by molar-refractivity contribution is -0.141. The average molecular weight is 356 g/mol. The van der Waals surface area contributed by atoms with Crippen molar-refractivity contribution in [3.63, 3.8) is 0 Å². The Morgan fingerprint density at radius 1 is 1.12 bits per heavy atom. The molecule has 0 aromatic heterocycles. The highest BCUT2D eigenvalue weighted by molar-refractivity contribution is 7.84. The lowest BCUT2D eigenvalue weighted by atomic mass is 10.1. The second-order valence-electron chi connectivity index (χ2n) is 5.18. The van der Waals surface area contributed by atoms with Gasteiger partial charge in [-0.25, -0.2) is 4.79 Å².